The summed E-state index contributed by atoms with van der Waals surface area (Å²) in [6.07, 6.45) is 84.7. The molecule has 0 amide bonds. The lowest BCUT2D eigenvalue weighted by molar-refractivity contribution is -0.161. The van der Waals surface area contributed by atoms with Crippen molar-refractivity contribution in [2.24, 2.45) is 0 Å². The van der Waals surface area contributed by atoms with Crippen LogP contribution in [0, 0.1) is 0 Å². The zero-order valence-electron chi connectivity index (χ0n) is 65.4. The number of aliphatic hydroxyl groups is 1. The highest BCUT2D eigenvalue weighted by Gasteiger charge is 2.30. The topological polar surface area (TPSA) is 237 Å². The van der Waals surface area contributed by atoms with Gasteiger partial charge < -0.3 is 33.8 Å². The molecule has 0 radical (unpaired) electrons. The van der Waals surface area contributed by atoms with Gasteiger partial charge in [0.15, 0.2) is 12.2 Å². The first kappa shape index (κ1) is 99.5. The molecule has 0 heterocycles. The molecule has 0 aliphatic heterocycles. The van der Waals surface area contributed by atoms with Gasteiger partial charge in [-0.05, 0) is 154 Å². The third kappa shape index (κ3) is 75.7. The molecule has 0 aliphatic carbocycles. The Bertz CT molecular complexity index is 2440. The number of hydrogen-bond donors (Lipinski definition) is 3. The second-order valence-electron chi connectivity index (χ2n) is 27.0. The minimum Gasteiger partial charge on any atom is -0.462 e. The number of hydrogen-bond acceptors (Lipinski definition) is 15. The minimum atomic E-state index is -5.01. The maximum atomic E-state index is 13.1. The molecule has 0 aliphatic rings. The van der Waals surface area contributed by atoms with Crippen LogP contribution in [0.2, 0.25) is 0 Å². The van der Waals surface area contributed by atoms with E-state index in [4.69, 9.17) is 37.0 Å². The van der Waals surface area contributed by atoms with Crippen LogP contribution in [-0.4, -0.2) is 96.7 Å². The fourth-order valence-corrected chi connectivity index (χ4v) is 12.2. The highest BCUT2D eigenvalue weighted by molar-refractivity contribution is 7.47. The van der Waals surface area contributed by atoms with Crippen LogP contribution in [0.4, 0.5) is 0 Å². The van der Waals surface area contributed by atoms with Crippen LogP contribution < -0.4 is 0 Å². The number of phosphoric acid groups is 2. The molecule has 0 aromatic heterocycles. The van der Waals surface area contributed by atoms with Gasteiger partial charge in [-0.25, -0.2) is 9.13 Å². The number of unbranched alkanes of at least 4 members (excludes halogenated alkanes) is 30. The van der Waals surface area contributed by atoms with Crippen molar-refractivity contribution in [3.8, 4) is 0 Å². The Morgan fingerprint density at radius 3 is 0.798 bits per heavy atom. The van der Waals surface area contributed by atoms with Crippen LogP contribution in [0.1, 0.15) is 336 Å². The molecule has 5 unspecified atom stereocenters. The van der Waals surface area contributed by atoms with Crippen molar-refractivity contribution in [3.05, 3.63) is 122 Å². The molecular formula is C85H146O17P2. The maximum absolute atomic E-state index is 13.1. The molecule has 0 aromatic rings. The molecule has 0 saturated carbocycles. The van der Waals surface area contributed by atoms with Crippen LogP contribution in [0.25, 0.3) is 0 Å². The van der Waals surface area contributed by atoms with E-state index in [0.29, 0.717) is 38.5 Å². The van der Waals surface area contributed by atoms with Gasteiger partial charge in [-0.15, -0.1) is 0 Å². The summed E-state index contributed by atoms with van der Waals surface area (Å²) in [6.45, 7) is 4.69. The maximum Gasteiger partial charge on any atom is 0.472 e. The lowest BCUT2D eigenvalue weighted by Gasteiger charge is -2.21. The summed E-state index contributed by atoms with van der Waals surface area (Å²) in [5, 5.41) is 10.6. The summed E-state index contributed by atoms with van der Waals surface area (Å²) in [5.74, 6) is -2.31. The summed E-state index contributed by atoms with van der Waals surface area (Å²) >= 11 is 0. The van der Waals surface area contributed by atoms with Crippen LogP contribution in [0.5, 0.6) is 0 Å². The highest BCUT2D eigenvalue weighted by Crippen LogP contribution is 2.45. The molecule has 0 aromatic carbocycles. The van der Waals surface area contributed by atoms with E-state index in [1.165, 1.54) is 103 Å². The van der Waals surface area contributed by atoms with Gasteiger partial charge in [-0.1, -0.05) is 278 Å². The largest absolute Gasteiger partial charge is 0.472 e. The molecule has 0 bridgehead atoms. The van der Waals surface area contributed by atoms with Crippen molar-refractivity contribution >= 4 is 39.5 Å². The number of phosphoric ester groups is 2. The Hall–Kier alpha value is -4.54. The molecule has 3 N–H and O–H groups in total. The molecule has 5 atom stereocenters. The van der Waals surface area contributed by atoms with Gasteiger partial charge in [0.25, 0.3) is 0 Å². The van der Waals surface area contributed by atoms with Gasteiger partial charge in [-0.2, -0.15) is 0 Å². The van der Waals surface area contributed by atoms with Crippen LogP contribution in [-0.2, 0) is 65.4 Å². The summed E-state index contributed by atoms with van der Waals surface area (Å²) in [7, 11) is -9.99. The fourth-order valence-electron chi connectivity index (χ4n) is 10.6. The zero-order valence-corrected chi connectivity index (χ0v) is 67.2. The second kappa shape index (κ2) is 76.6. The molecule has 17 nitrogen and oxygen atoms in total. The molecule has 0 saturated heterocycles. The molecule has 19 heteroatoms. The number of carbonyl (C=O) groups excluding carboxylic acids is 4. The SMILES string of the molecule is CCCCCC=CCC=CCC=CCC=CCCCC(=O)OCC(COP(=O)(O)OCC(O)COP(=O)(O)OCC(COC(=O)CCCCCCCCCC=CCCCCCC)OC(=O)CCCCCCCCCC=CCCCCCC)OC(=O)CCCC=CCC=CCC=CCC=CCCCCC. The Kier molecular flexibility index (Phi) is 73.3. The molecule has 598 valence electrons. The molecule has 0 spiro atoms. The molecular weight excluding hydrogens is 1350 g/mol. The summed E-state index contributed by atoms with van der Waals surface area (Å²) in [6, 6.07) is 0. The van der Waals surface area contributed by atoms with Crippen molar-refractivity contribution in [1.29, 1.82) is 0 Å². The average molecular weight is 1500 g/mol. The number of allylic oxidation sites excluding steroid dienone is 20. The summed E-state index contributed by atoms with van der Waals surface area (Å²) < 4.78 is 68.5. The van der Waals surface area contributed by atoms with E-state index >= 15 is 0 Å². The Morgan fingerprint density at radius 2 is 0.481 bits per heavy atom. The first-order valence-corrected chi connectivity index (χ1v) is 43.8. The van der Waals surface area contributed by atoms with Crippen molar-refractivity contribution in [2.45, 2.75) is 354 Å². The number of esters is 4. The number of rotatable bonds is 76. The standard InChI is InChI=1S/C85H146O17P2/c1-5-9-13-17-21-25-29-33-37-39-43-46-50-54-58-62-66-70-83(88)96-76-81(102-85(90)72-68-64-60-56-52-48-44-40-38-34-30-26-22-18-14-10-6-2)78-100-104(93,94)98-74-79(86)73-97-103(91,92)99-77-80(101-84(89)71-67-63-59-55-51-47-42-36-32-28-24-20-16-12-8-4)75-95-82(87)69-65-61-57-53-49-45-41-35-31-27-23-19-15-11-7-3/h21-22,25-28,31-34,37-38,43-44,46,48,54,56,58,60,79-81,86H,5-20,23-24,29-30,35-36,39-42,45,47,49-53,55,57,59,61-78H2,1-4H3,(H,91,92)(H,93,94). The van der Waals surface area contributed by atoms with Crippen LogP contribution in [0.3, 0.4) is 0 Å². The van der Waals surface area contributed by atoms with Crippen molar-refractivity contribution in [3.63, 3.8) is 0 Å². The normalized spacial score (nSPS) is 14.5. The minimum absolute atomic E-state index is 0.00546. The van der Waals surface area contributed by atoms with Crippen LogP contribution >= 0.6 is 15.6 Å². The summed E-state index contributed by atoms with van der Waals surface area (Å²) in [4.78, 5) is 73.0. The first-order chi connectivity index (χ1) is 50.7. The van der Waals surface area contributed by atoms with Crippen LogP contribution in [0.15, 0.2) is 122 Å². The predicted octanol–water partition coefficient (Wildman–Crippen LogP) is 23.9. The number of carbonyl (C=O) groups is 4. The monoisotopic (exact) mass is 1500 g/mol. The van der Waals surface area contributed by atoms with Crippen molar-refractivity contribution in [1.82, 2.24) is 0 Å². The Morgan fingerprint density at radius 1 is 0.269 bits per heavy atom. The van der Waals surface area contributed by atoms with Gasteiger partial charge in [-0.3, -0.25) is 37.3 Å². The third-order valence-electron chi connectivity index (χ3n) is 16.9. The van der Waals surface area contributed by atoms with E-state index in [1.54, 1.807) is 0 Å². The van der Waals surface area contributed by atoms with Crippen molar-refractivity contribution < 1.29 is 80.2 Å². The van der Waals surface area contributed by atoms with Crippen molar-refractivity contribution in [2.75, 3.05) is 39.6 Å². The van der Waals surface area contributed by atoms with E-state index in [2.05, 4.69) is 125 Å². The van der Waals surface area contributed by atoms with E-state index in [0.717, 1.165) is 141 Å². The first-order valence-electron chi connectivity index (χ1n) is 40.8. The van der Waals surface area contributed by atoms with E-state index in [1.807, 2.05) is 24.3 Å². The number of aliphatic hydroxyl groups excluding tert-OH is 1. The Labute approximate surface area is 632 Å². The second-order valence-corrected chi connectivity index (χ2v) is 29.9. The van der Waals surface area contributed by atoms with Gasteiger partial charge in [0.05, 0.1) is 26.4 Å². The average Bonchev–Trinajstić information content (AvgIpc) is 0.926. The van der Waals surface area contributed by atoms with Gasteiger partial charge in [0.1, 0.15) is 19.3 Å². The zero-order chi connectivity index (χ0) is 76.0. The smallest absolute Gasteiger partial charge is 0.462 e. The molecule has 104 heavy (non-hydrogen) atoms. The van der Waals surface area contributed by atoms with Gasteiger partial charge in [0.2, 0.25) is 0 Å². The van der Waals surface area contributed by atoms with E-state index < -0.39 is 97.5 Å². The van der Waals surface area contributed by atoms with E-state index in [-0.39, 0.29) is 25.7 Å². The van der Waals surface area contributed by atoms with Gasteiger partial charge >= 0.3 is 39.5 Å². The van der Waals surface area contributed by atoms with Gasteiger partial charge in [0, 0.05) is 25.7 Å². The fraction of sp³-hybridized carbons (Fsp3) is 0.718. The predicted molar refractivity (Wildman–Crippen MR) is 427 cm³/mol. The lowest BCUT2D eigenvalue weighted by Crippen LogP contribution is -2.30. The molecule has 0 fully saturated rings. The highest BCUT2D eigenvalue weighted by atomic mass is 31.2. The quantitative estimate of drug-likeness (QED) is 0.0169. The van der Waals surface area contributed by atoms with E-state index in [9.17, 15) is 43.2 Å². The lowest BCUT2D eigenvalue weighted by atomic mass is 10.1. The molecule has 0 rings (SSSR count). The third-order valence-corrected chi connectivity index (χ3v) is 18.8. The summed E-state index contributed by atoms with van der Waals surface area (Å²) in [5.41, 5.74) is 0. The Balaban J connectivity index is 5.47. The number of ether oxygens (including phenoxy) is 4.